The monoisotopic (exact) mass is 263 g/mol. The number of anilines is 1. The topological polar surface area (TPSA) is 55.6 Å². The lowest BCUT2D eigenvalue weighted by Crippen LogP contribution is -2.02. The van der Waals surface area contributed by atoms with Gasteiger partial charge in [-0.25, -0.2) is 9.97 Å². The molecule has 2 aromatic rings. The van der Waals surface area contributed by atoms with Gasteiger partial charge in [-0.05, 0) is 26.8 Å². The van der Waals surface area contributed by atoms with E-state index in [4.69, 9.17) is 0 Å². The van der Waals surface area contributed by atoms with Crippen LogP contribution in [0, 0.1) is 13.8 Å². The Balaban J connectivity index is 2.25. The van der Waals surface area contributed by atoms with E-state index < -0.39 is 0 Å². The third kappa shape index (κ3) is 3.01. The number of nitrogens with one attached hydrogen (secondary N) is 1. The van der Waals surface area contributed by atoms with Crippen LogP contribution in [0.3, 0.4) is 0 Å². The van der Waals surface area contributed by atoms with Crippen molar-refractivity contribution >= 4 is 17.6 Å². The van der Waals surface area contributed by atoms with Crippen LogP contribution >= 0.6 is 11.8 Å². The van der Waals surface area contributed by atoms with Gasteiger partial charge in [0.25, 0.3) is 0 Å². The lowest BCUT2D eigenvalue weighted by atomic mass is 10.5. The molecule has 2 heterocycles. The minimum Gasteiger partial charge on any atom is -0.370 e. The standard InChI is InChI=1S/C12H17N5S/c1-5-13-10-7-11(15-9(3)14-10)18-12-6-8(2)16-17(12)4/h6-7H,5H2,1-4H3,(H,13,14,15). The van der Waals surface area contributed by atoms with Gasteiger partial charge in [0, 0.05) is 19.7 Å². The molecular weight excluding hydrogens is 246 g/mol. The summed E-state index contributed by atoms with van der Waals surface area (Å²) in [6.07, 6.45) is 0. The fourth-order valence-electron chi connectivity index (χ4n) is 1.65. The van der Waals surface area contributed by atoms with Gasteiger partial charge >= 0.3 is 0 Å². The lowest BCUT2D eigenvalue weighted by molar-refractivity contribution is 0.692. The molecule has 0 amide bonds. The Morgan fingerprint density at radius 1 is 1.28 bits per heavy atom. The van der Waals surface area contributed by atoms with E-state index in [0.717, 1.165) is 33.9 Å². The zero-order chi connectivity index (χ0) is 13.1. The first-order valence-electron chi connectivity index (χ1n) is 5.86. The molecule has 2 rings (SSSR count). The molecule has 0 atom stereocenters. The second-order valence-electron chi connectivity index (χ2n) is 4.02. The summed E-state index contributed by atoms with van der Waals surface area (Å²) < 4.78 is 1.87. The molecule has 0 saturated carbocycles. The quantitative estimate of drug-likeness (QED) is 0.858. The number of nitrogens with zero attached hydrogens (tertiary/aromatic N) is 4. The molecule has 18 heavy (non-hydrogen) atoms. The van der Waals surface area contributed by atoms with Crippen molar-refractivity contribution in [3.05, 3.63) is 23.7 Å². The summed E-state index contributed by atoms with van der Waals surface area (Å²) in [6, 6.07) is 4.01. The Labute approximate surface area is 111 Å². The fourth-order valence-corrected chi connectivity index (χ4v) is 2.62. The van der Waals surface area contributed by atoms with Crippen molar-refractivity contribution < 1.29 is 0 Å². The predicted molar refractivity (Wildman–Crippen MR) is 73.0 cm³/mol. The molecule has 6 heteroatoms. The number of hydrogen-bond acceptors (Lipinski definition) is 5. The third-order valence-electron chi connectivity index (χ3n) is 2.34. The summed E-state index contributed by atoms with van der Waals surface area (Å²) in [6.45, 7) is 6.79. The van der Waals surface area contributed by atoms with Crippen LogP contribution in [0.5, 0.6) is 0 Å². The minimum atomic E-state index is 0.773. The van der Waals surface area contributed by atoms with E-state index in [-0.39, 0.29) is 0 Å². The Morgan fingerprint density at radius 3 is 2.67 bits per heavy atom. The van der Waals surface area contributed by atoms with Crippen LogP contribution in [-0.4, -0.2) is 26.3 Å². The molecule has 0 bridgehead atoms. The van der Waals surface area contributed by atoms with Gasteiger partial charge in [0.1, 0.15) is 21.7 Å². The van der Waals surface area contributed by atoms with E-state index in [0.29, 0.717) is 0 Å². The van der Waals surface area contributed by atoms with Gasteiger partial charge in [-0.3, -0.25) is 4.68 Å². The highest BCUT2D eigenvalue weighted by atomic mass is 32.2. The summed E-state index contributed by atoms with van der Waals surface area (Å²) in [5.74, 6) is 1.64. The molecule has 0 fully saturated rings. The summed E-state index contributed by atoms with van der Waals surface area (Å²) in [5.41, 5.74) is 1.01. The van der Waals surface area contributed by atoms with Gasteiger partial charge in [0.2, 0.25) is 0 Å². The zero-order valence-electron chi connectivity index (χ0n) is 11.1. The number of rotatable bonds is 4. The van der Waals surface area contributed by atoms with Crippen molar-refractivity contribution in [1.82, 2.24) is 19.7 Å². The Hall–Kier alpha value is -1.56. The summed E-state index contributed by atoms with van der Waals surface area (Å²) in [7, 11) is 1.94. The molecule has 0 aliphatic carbocycles. The highest BCUT2D eigenvalue weighted by Gasteiger charge is 2.07. The highest BCUT2D eigenvalue weighted by molar-refractivity contribution is 7.99. The first kappa shape index (κ1) is 12.9. The van der Waals surface area contributed by atoms with Crippen LogP contribution < -0.4 is 5.32 Å². The van der Waals surface area contributed by atoms with Crippen LogP contribution in [0.1, 0.15) is 18.4 Å². The van der Waals surface area contributed by atoms with Crippen LogP contribution in [0.15, 0.2) is 22.2 Å². The Bertz CT molecular complexity index is 549. The van der Waals surface area contributed by atoms with Gasteiger partial charge in [-0.15, -0.1) is 0 Å². The van der Waals surface area contributed by atoms with Crippen molar-refractivity contribution in [1.29, 1.82) is 0 Å². The largest absolute Gasteiger partial charge is 0.370 e. The number of aromatic nitrogens is 4. The molecule has 0 aromatic carbocycles. The summed E-state index contributed by atoms with van der Waals surface area (Å²) >= 11 is 1.60. The van der Waals surface area contributed by atoms with Crippen molar-refractivity contribution in [2.24, 2.45) is 7.05 Å². The van der Waals surface area contributed by atoms with E-state index >= 15 is 0 Å². The second kappa shape index (κ2) is 5.39. The normalized spacial score (nSPS) is 10.7. The van der Waals surface area contributed by atoms with Crippen molar-refractivity contribution in [3.8, 4) is 0 Å². The van der Waals surface area contributed by atoms with Crippen LogP contribution in [0.25, 0.3) is 0 Å². The fraction of sp³-hybridized carbons (Fsp3) is 0.417. The molecule has 0 unspecified atom stereocenters. The molecule has 2 aromatic heterocycles. The number of hydrogen-bond donors (Lipinski definition) is 1. The van der Waals surface area contributed by atoms with Crippen LogP contribution in [-0.2, 0) is 7.05 Å². The van der Waals surface area contributed by atoms with E-state index in [1.54, 1.807) is 11.8 Å². The molecule has 0 radical (unpaired) electrons. The average molecular weight is 263 g/mol. The molecule has 0 aliphatic heterocycles. The molecular formula is C12H17N5S. The molecule has 0 saturated heterocycles. The van der Waals surface area contributed by atoms with Crippen LogP contribution in [0.2, 0.25) is 0 Å². The summed E-state index contributed by atoms with van der Waals surface area (Å²) in [5, 5.41) is 9.54. The average Bonchev–Trinajstić information content (AvgIpc) is 2.57. The van der Waals surface area contributed by atoms with E-state index in [1.807, 2.05) is 31.6 Å². The van der Waals surface area contributed by atoms with Crippen molar-refractivity contribution in [3.63, 3.8) is 0 Å². The summed E-state index contributed by atoms with van der Waals surface area (Å²) in [4.78, 5) is 8.77. The molecule has 96 valence electrons. The van der Waals surface area contributed by atoms with Crippen molar-refractivity contribution in [2.75, 3.05) is 11.9 Å². The Morgan fingerprint density at radius 2 is 2.06 bits per heavy atom. The third-order valence-corrected chi connectivity index (χ3v) is 3.35. The van der Waals surface area contributed by atoms with Gasteiger partial charge in [0.05, 0.1) is 5.69 Å². The predicted octanol–water partition coefficient (Wildman–Crippen LogP) is 2.41. The number of aryl methyl sites for hydroxylation is 3. The SMILES string of the molecule is CCNc1cc(Sc2cc(C)nn2C)nc(C)n1. The molecule has 0 aliphatic rings. The van der Waals surface area contributed by atoms with E-state index in [2.05, 4.69) is 33.4 Å². The minimum absolute atomic E-state index is 0.773. The smallest absolute Gasteiger partial charge is 0.130 e. The van der Waals surface area contributed by atoms with Gasteiger partial charge < -0.3 is 5.32 Å². The molecule has 5 nitrogen and oxygen atoms in total. The van der Waals surface area contributed by atoms with E-state index in [1.165, 1.54) is 0 Å². The highest BCUT2D eigenvalue weighted by Crippen LogP contribution is 2.27. The first-order chi connectivity index (χ1) is 8.58. The maximum absolute atomic E-state index is 4.43. The Kier molecular flexibility index (Phi) is 3.86. The van der Waals surface area contributed by atoms with E-state index in [9.17, 15) is 0 Å². The first-order valence-corrected chi connectivity index (χ1v) is 6.68. The van der Waals surface area contributed by atoms with Gasteiger partial charge in [-0.2, -0.15) is 5.10 Å². The maximum Gasteiger partial charge on any atom is 0.130 e. The van der Waals surface area contributed by atoms with Crippen LogP contribution in [0.4, 0.5) is 5.82 Å². The lowest BCUT2D eigenvalue weighted by Gasteiger charge is -2.06. The molecule has 0 spiro atoms. The van der Waals surface area contributed by atoms with Gasteiger partial charge in [-0.1, -0.05) is 11.8 Å². The van der Waals surface area contributed by atoms with Crippen molar-refractivity contribution in [2.45, 2.75) is 30.8 Å². The maximum atomic E-state index is 4.43. The van der Waals surface area contributed by atoms with Gasteiger partial charge in [0.15, 0.2) is 0 Å². The zero-order valence-corrected chi connectivity index (χ0v) is 11.9. The second-order valence-corrected chi connectivity index (χ2v) is 5.06. The molecule has 1 N–H and O–H groups in total.